The van der Waals surface area contributed by atoms with Crippen LogP contribution < -0.4 is 5.73 Å². The van der Waals surface area contributed by atoms with E-state index in [-0.39, 0.29) is 0 Å². The third kappa shape index (κ3) is 9.36. The highest BCUT2D eigenvalue weighted by Crippen LogP contribution is 2.05. The van der Waals surface area contributed by atoms with Crippen molar-refractivity contribution in [1.82, 2.24) is 5.73 Å². The summed E-state index contributed by atoms with van der Waals surface area (Å²) < 4.78 is 0. The van der Waals surface area contributed by atoms with Crippen LogP contribution in [0.25, 0.3) is 0 Å². The Labute approximate surface area is 70.4 Å². The maximum atomic E-state index is 6.59. The van der Waals surface area contributed by atoms with E-state index in [4.69, 9.17) is 5.73 Å². The summed E-state index contributed by atoms with van der Waals surface area (Å²) in [6.07, 6.45) is 8.76. The van der Waals surface area contributed by atoms with Gasteiger partial charge in [0.2, 0.25) is 0 Å². The lowest BCUT2D eigenvalue weighted by atomic mass is 10.1. The van der Waals surface area contributed by atoms with Gasteiger partial charge >= 0.3 is 0 Å². The van der Waals surface area contributed by atoms with Crippen molar-refractivity contribution in [2.75, 3.05) is 0 Å². The predicted molar refractivity (Wildman–Crippen MR) is 48.9 cm³/mol. The molecule has 0 atom stereocenters. The van der Waals surface area contributed by atoms with Crippen molar-refractivity contribution in [3.05, 3.63) is 0 Å². The molecule has 1 nitrogen and oxygen atoms in total. The van der Waals surface area contributed by atoms with Crippen molar-refractivity contribution in [1.29, 1.82) is 0 Å². The van der Waals surface area contributed by atoms with Gasteiger partial charge in [-0.15, -0.1) is 0 Å². The first kappa shape index (κ1) is 10.4. The first-order valence-electron chi connectivity index (χ1n) is 4.56. The lowest BCUT2D eigenvalue weighted by Gasteiger charge is -1.95. The molecule has 0 unspecified atom stereocenters. The number of rotatable bonds is 6. The summed E-state index contributed by atoms with van der Waals surface area (Å²) in [6, 6.07) is 2.17. The fourth-order valence-corrected chi connectivity index (χ4v) is 1.06. The summed E-state index contributed by atoms with van der Waals surface area (Å²) in [6.45, 7) is 2.23. The Bertz CT molecular complexity index is 119. The summed E-state index contributed by atoms with van der Waals surface area (Å²) in [5.41, 5.74) is 6.59. The molecule has 0 saturated heterocycles. The molecule has 63 valence electrons. The molecule has 0 spiro atoms. The van der Waals surface area contributed by atoms with Crippen LogP contribution in [0.2, 0.25) is 0 Å². The molecule has 1 heteroatoms. The Kier molecular flexibility index (Phi) is 8.82. The Morgan fingerprint density at radius 3 is 2.27 bits per heavy atom. The molecule has 0 saturated carbocycles. The van der Waals surface area contributed by atoms with Gasteiger partial charge < -0.3 is 0 Å². The largest absolute Gasteiger partial charge is 0.252 e. The van der Waals surface area contributed by atoms with Crippen molar-refractivity contribution in [3.8, 4) is 12.0 Å². The summed E-state index contributed by atoms with van der Waals surface area (Å²) in [5, 5.41) is 0. The van der Waals surface area contributed by atoms with Gasteiger partial charge in [-0.2, -0.15) is 0 Å². The van der Waals surface area contributed by atoms with E-state index in [2.05, 4.69) is 18.9 Å². The maximum absolute atomic E-state index is 6.59. The van der Waals surface area contributed by atoms with Gasteiger partial charge in [0.25, 0.3) is 0 Å². The molecular formula is C10H18N. The second-order valence-electron chi connectivity index (χ2n) is 2.82. The van der Waals surface area contributed by atoms with E-state index >= 15 is 0 Å². The quantitative estimate of drug-likeness (QED) is 0.413. The second-order valence-corrected chi connectivity index (χ2v) is 2.82. The molecule has 0 aliphatic heterocycles. The smallest absolute Gasteiger partial charge is 0.0254 e. The molecule has 0 aliphatic rings. The summed E-state index contributed by atoms with van der Waals surface area (Å²) in [5.74, 6) is 2.76. The van der Waals surface area contributed by atoms with Crippen LogP contribution in [0.1, 0.15) is 51.9 Å². The molecule has 0 aromatic carbocycles. The van der Waals surface area contributed by atoms with E-state index in [0.717, 1.165) is 6.42 Å². The minimum absolute atomic E-state index is 0.912. The molecule has 0 aromatic rings. The molecule has 0 heterocycles. The lowest BCUT2D eigenvalue weighted by molar-refractivity contribution is 0.614. The first-order chi connectivity index (χ1) is 5.41. The Morgan fingerprint density at radius 2 is 1.64 bits per heavy atom. The van der Waals surface area contributed by atoms with Crippen molar-refractivity contribution in [2.45, 2.75) is 51.9 Å². The molecule has 0 aromatic heterocycles. The Hall–Kier alpha value is -0.640. The second kappa shape index (κ2) is 9.36. The molecule has 11 heavy (non-hydrogen) atoms. The minimum atomic E-state index is 0.912. The number of hydrogen-bond acceptors (Lipinski definition) is 0. The van der Waals surface area contributed by atoms with Gasteiger partial charge in [-0.25, -0.2) is 0 Å². The number of hydrogen-bond donors (Lipinski definition) is 0. The van der Waals surface area contributed by atoms with Crippen LogP contribution in [-0.4, -0.2) is 0 Å². The van der Waals surface area contributed by atoms with E-state index < -0.39 is 0 Å². The van der Waals surface area contributed by atoms with Gasteiger partial charge in [0.1, 0.15) is 0 Å². The molecule has 0 rings (SSSR count). The minimum Gasteiger partial charge on any atom is -0.252 e. The van der Waals surface area contributed by atoms with Crippen molar-refractivity contribution >= 4 is 0 Å². The van der Waals surface area contributed by atoms with Crippen LogP contribution in [0.5, 0.6) is 0 Å². The van der Waals surface area contributed by atoms with Gasteiger partial charge in [-0.3, -0.25) is 5.73 Å². The average Bonchev–Trinajstić information content (AvgIpc) is 2.03. The highest BCUT2D eigenvalue weighted by Gasteiger charge is 1.87. The van der Waals surface area contributed by atoms with Crippen molar-refractivity contribution in [3.63, 3.8) is 0 Å². The number of nitrogens with one attached hydrogen (secondary N) is 1. The Morgan fingerprint density at radius 1 is 1.00 bits per heavy atom. The molecular weight excluding hydrogens is 134 g/mol. The average molecular weight is 152 g/mol. The number of unbranched alkanes of at least 4 members (excludes halogenated alkanes) is 6. The van der Waals surface area contributed by atoms with E-state index in [1.54, 1.807) is 0 Å². The highest BCUT2D eigenvalue weighted by atomic mass is 14.4. The fraction of sp³-hybridized carbons (Fsp3) is 0.800. The standard InChI is InChI=1S/C10H18N/c1-2-3-4-5-6-7-8-9-10-11/h11H,2-8H2,1H3. The fourth-order valence-electron chi connectivity index (χ4n) is 1.06. The van der Waals surface area contributed by atoms with E-state index in [0.29, 0.717) is 0 Å². The van der Waals surface area contributed by atoms with Gasteiger partial charge in [-0.05, 0) is 6.42 Å². The van der Waals surface area contributed by atoms with Crippen LogP contribution >= 0.6 is 0 Å². The molecule has 1 radical (unpaired) electrons. The van der Waals surface area contributed by atoms with Gasteiger partial charge in [-0.1, -0.05) is 44.9 Å². The van der Waals surface area contributed by atoms with Crippen LogP contribution in [-0.2, 0) is 0 Å². The third-order valence-corrected chi connectivity index (χ3v) is 1.74. The third-order valence-electron chi connectivity index (χ3n) is 1.74. The summed E-state index contributed by atoms with van der Waals surface area (Å²) >= 11 is 0. The van der Waals surface area contributed by atoms with E-state index in [1.807, 2.05) is 0 Å². The maximum Gasteiger partial charge on any atom is 0.0254 e. The SMILES string of the molecule is CCCCCCCCC#C[NH]. The van der Waals surface area contributed by atoms with Crippen molar-refractivity contribution in [2.24, 2.45) is 0 Å². The topological polar surface area (TPSA) is 23.8 Å². The summed E-state index contributed by atoms with van der Waals surface area (Å²) in [4.78, 5) is 0. The van der Waals surface area contributed by atoms with Gasteiger partial charge in [0.05, 0.1) is 0 Å². The van der Waals surface area contributed by atoms with Crippen LogP contribution in [0.3, 0.4) is 0 Å². The first-order valence-corrected chi connectivity index (χ1v) is 4.56. The van der Waals surface area contributed by atoms with E-state index in [1.165, 1.54) is 38.5 Å². The lowest BCUT2D eigenvalue weighted by Crippen LogP contribution is -1.77. The van der Waals surface area contributed by atoms with Gasteiger partial charge in [0.15, 0.2) is 0 Å². The predicted octanol–water partition coefficient (Wildman–Crippen LogP) is 2.98. The zero-order chi connectivity index (χ0) is 8.36. The molecule has 0 aliphatic carbocycles. The molecule has 1 N–H and O–H groups in total. The van der Waals surface area contributed by atoms with Gasteiger partial charge in [0, 0.05) is 12.5 Å². The molecule has 0 bridgehead atoms. The highest BCUT2D eigenvalue weighted by molar-refractivity contribution is 4.92. The zero-order valence-corrected chi connectivity index (χ0v) is 7.45. The van der Waals surface area contributed by atoms with Crippen LogP contribution in [0.4, 0.5) is 0 Å². The normalized spacial score (nSPS) is 8.82. The summed E-state index contributed by atoms with van der Waals surface area (Å²) in [7, 11) is 0. The van der Waals surface area contributed by atoms with Crippen molar-refractivity contribution < 1.29 is 0 Å². The molecule has 0 fully saturated rings. The molecule has 0 amide bonds. The van der Waals surface area contributed by atoms with E-state index in [9.17, 15) is 0 Å². The monoisotopic (exact) mass is 152 g/mol. The van der Waals surface area contributed by atoms with Crippen LogP contribution in [0.15, 0.2) is 0 Å². The zero-order valence-electron chi connectivity index (χ0n) is 7.45. The Balaban J connectivity index is 2.83. The van der Waals surface area contributed by atoms with Crippen LogP contribution in [0, 0.1) is 12.0 Å².